The van der Waals surface area contributed by atoms with E-state index in [2.05, 4.69) is 45.8 Å². The lowest BCUT2D eigenvalue weighted by Gasteiger charge is -2.38. The van der Waals surface area contributed by atoms with Gasteiger partial charge >= 0.3 is 8.56 Å². The highest BCUT2D eigenvalue weighted by atomic mass is 28.5. The van der Waals surface area contributed by atoms with Crippen LogP contribution in [0.15, 0.2) is 0 Å². The third-order valence-corrected chi connectivity index (χ3v) is 14.0. The molecule has 0 aliphatic heterocycles. The molecule has 0 aromatic rings. The Kier molecular flexibility index (Phi) is 23.2. The summed E-state index contributed by atoms with van der Waals surface area (Å²) in [6, 6.07) is 0.960. The summed E-state index contributed by atoms with van der Waals surface area (Å²) in [4.78, 5) is 0. The summed E-state index contributed by atoms with van der Waals surface area (Å²) in [6.45, 7) is 23.0. The second-order valence-corrected chi connectivity index (χ2v) is 23.5. The summed E-state index contributed by atoms with van der Waals surface area (Å²) in [5, 5.41) is 8.57. The molecule has 37 heavy (non-hydrogen) atoms. The lowest BCUT2D eigenvalue weighted by atomic mass is 10.5. The smallest absolute Gasteiger partial charge is 0.314 e. The van der Waals surface area contributed by atoms with Crippen LogP contribution in [0.25, 0.3) is 0 Å². The summed E-state index contributed by atoms with van der Waals surface area (Å²) >= 11 is 0. The maximum absolute atomic E-state index is 8.57. The van der Waals surface area contributed by atoms with E-state index in [1.165, 1.54) is 0 Å². The molecule has 0 saturated heterocycles. The van der Waals surface area contributed by atoms with E-state index in [0.717, 1.165) is 12.5 Å². The van der Waals surface area contributed by atoms with Gasteiger partial charge in [0.1, 0.15) is 0 Å². The van der Waals surface area contributed by atoms with Gasteiger partial charge in [0.2, 0.25) is 0 Å². The Morgan fingerprint density at radius 1 is 0.405 bits per heavy atom. The van der Waals surface area contributed by atoms with Gasteiger partial charge in [-0.1, -0.05) is 0 Å². The fourth-order valence-electron chi connectivity index (χ4n) is 3.40. The van der Waals surface area contributed by atoms with Crippen molar-refractivity contribution in [2.75, 3.05) is 99.1 Å². The van der Waals surface area contributed by atoms with Crippen molar-refractivity contribution in [1.82, 2.24) is 0 Å². The zero-order valence-corrected chi connectivity index (χ0v) is 27.6. The lowest BCUT2D eigenvalue weighted by Crippen LogP contribution is -2.52. The van der Waals surface area contributed by atoms with Crippen molar-refractivity contribution < 1.29 is 46.5 Å². The topological polar surface area (TPSA) is 103 Å². The van der Waals surface area contributed by atoms with Crippen LogP contribution in [-0.2, 0) is 41.4 Å². The highest BCUT2D eigenvalue weighted by Crippen LogP contribution is 2.25. The van der Waals surface area contributed by atoms with E-state index in [-0.39, 0.29) is 6.61 Å². The molecule has 13 heteroatoms. The Labute approximate surface area is 229 Å². The largest absolute Gasteiger partial charge is 0.437 e. The van der Waals surface area contributed by atoms with Gasteiger partial charge in [-0.15, -0.1) is 0 Å². The first-order chi connectivity index (χ1) is 17.5. The average molecular weight is 589 g/mol. The van der Waals surface area contributed by atoms with Crippen LogP contribution in [0.5, 0.6) is 0 Å². The molecular weight excluding hydrogens is 533 g/mol. The SMILES string of the molecule is C[Si](C)(C)O[Si](C)(CCCOCCOCCOCCOCCOCCOCCOCCO)O[Si](C)(C)C. The molecule has 0 bridgehead atoms. The minimum absolute atomic E-state index is 0.0321. The number of aliphatic hydroxyl groups excluding tert-OH is 1. The molecule has 0 saturated carbocycles. The second-order valence-electron chi connectivity index (χ2n) is 10.7. The quantitative estimate of drug-likeness (QED) is 0.108. The molecule has 0 aromatic heterocycles. The molecule has 0 fully saturated rings. The first-order valence-electron chi connectivity index (χ1n) is 13.5. The summed E-state index contributed by atoms with van der Waals surface area (Å²) in [5.74, 6) is 0. The Hall–Kier alpha value is 0.251. The van der Waals surface area contributed by atoms with Crippen LogP contribution in [0.1, 0.15) is 6.42 Å². The van der Waals surface area contributed by atoms with Crippen molar-refractivity contribution in [3.8, 4) is 0 Å². The van der Waals surface area contributed by atoms with E-state index in [1.807, 2.05) is 0 Å². The molecular formula is C24H56O10Si3. The van der Waals surface area contributed by atoms with Crippen molar-refractivity contribution in [1.29, 1.82) is 0 Å². The molecule has 0 amide bonds. The van der Waals surface area contributed by atoms with Gasteiger partial charge < -0.3 is 46.5 Å². The van der Waals surface area contributed by atoms with Crippen molar-refractivity contribution in [3.63, 3.8) is 0 Å². The molecule has 0 unspecified atom stereocenters. The van der Waals surface area contributed by atoms with Gasteiger partial charge in [-0.3, -0.25) is 0 Å². The van der Waals surface area contributed by atoms with Crippen LogP contribution in [0.4, 0.5) is 0 Å². The normalized spacial score (nSPS) is 13.0. The predicted molar refractivity (Wildman–Crippen MR) is 153 cm³/mol. The van der Waals surface area contributed by atoms with E-state index in [0.29, 0.717) is 92.5 Å². The van der Waals surface area contributed by atoms with Gasteiger partial charge in [-0.25, -0.2) is 0 Å². The first kappa shape index (κ1) is 37.3. The van der Waals surface area contributed by atoms with Crippen LogP contribution in [0, 0.1) is 0 Å². The fourth-order valence-corrected chi connectivity index (χ4v) is 15.9. The highest BCUT2D eigenvalue weighted by molar-refractivity contribution is 6.87. The third kappa shape index (κ3) is 29.1. The molecule has 0 heterocycles. The van der Waals surface area contributed by atoms with Crippen LogP contribution in [0.2, 0.25) is 51.9 Å². The number of ether oxygens (including phenoxy) is 7. The van der Waals surface area contributed by atoms with Gasteiger partial charge in [-0.05, 0) is 58.3 Å². The standard InChI is InChI=1S/C24H56O10Si3/c1-35(2,3)33-37(7,34-36(4,5)6)24-8-10-26-12-14-28-16-18-30-20-22-32-23-21-31-19-17-29-15-13-27-11-9-25/h25H,8-24H2,1-7H3. The Morgan fingerprint density at radius 3 is 0.946 bits per heavy atom. The molecule has 1 N–H and O–H groups in total. The minimum atomic E-state index is -2.17. The van der Waals surface area contributed by atoms with Crippen molar-refractivity contribution in [2.24, 2.45) is 0 Å². The van der Waals surface area contributed by atoms with Gasteiger partial charge in [0.05, 0.1) is 92.5 Å². The molecule has 0 rings (SSSR count). The first-order valence-corrected chi connectivity index (χ1v) is 22.9. The molecule has 0 radical (unpaired) electrons. The monoisotopic (exact) mass is 588 g/mol. The van der Waals surface area contributed by atoms with Crippen LogP contribution in [0.3, 0.4) is 0 Å². The van der Waals surface area contributed by atoms with Crippen molar-refractivity contribution >= 4 is 25.2 Å². The highest BCUT2D eigenvalue weighted by Gasteiger charge is 2.39. The molecule has 0 aliphatic carbocycles. The van der Waals surface area contributed by atoms with E-state index in [1.54, 1.807) is 0 Å². The summed E-state index contributed by atoms with van der Waals surface area (Å²) in [7, 11) is -5.48. The second kappa shape index (κ2) is 23.0. The fraction of sp³-hybridized carbons (Fsp3) is 1.00. The molecule has 0 atom stereocenters. The maximum atomic E-state index is 8.57. The molecule has 0 spiro atoms. The Morgan fingerprint density at radius 2 is 0.676 bits per heavy atom. The van der Waals surface area contributed by atoms with Crippen molar-refractivity contribution in [2.45, 2.75) is 58.3 Å². The van der Waals surface area contributed by atoms with E-state index in [9.17, 15) is 0 Å². The summed E-state index contributed by atoms with van der Waals surface area (Å²) in [5.41, 5.74) is 0. The summed E-state index contributed by atoms with van der Waals surface area (Å²) in [6.07, 6.45) is 0.946. The van der Waals surface area contributed by atoms with Crippen molar-refractivity contribution in [3.05, 3.63) is 0 Å². The van der Waals surface area contributed by atoms with E-state index in [4.69, 9.17) is 46.5 Å². The van der Waals surface area contributed by atoms with Gasteiger partial charge in [0.15, 0.2) is 16.6 Å². The maximum Gasteiger partial charge on any atom is 0.314 e. The number of rotatable bonds is 28. The number of hydrogen-bond donors (Lipinski definition) is 1. The zero-order chi connectivity index (χ0) is 27.9. The van der Waals surface area contributed by atoms with Crippen LogP contribution < -0.4 is 0 Å². The van der Waals surface area contributed by atoms with Crippen LogP contribution >= 0.6 is 0 Å². The average Bonchev–Trinajstić information content (AvgIpc) is 2.77. The predicted octanol–water partition coefficient (Wildman–Crippen LogP) is 3.26. The Bertz CT molecular complexity index is 488. The van der Waals surface area contributed by atoms with E-state index < -0.39 is 25.2 Å². The lowest BCUT2D eigenvalue weighted by molar-refractivity contribution is -0.0214. The molecule has 0 aliphatic rings. The third-order valence-electron chi connectivity index (χ3n) is 4.43. The molecule has 0 aromatic carbocycles. The molecule has 224 valence electrons. The van der Waals surface area contributed by atoms with Crippen LogP contribution in [-0.4, -0.2) is 129 Å². The van der Waals surface area contributed by atoms with E-state index >= 15 is 0 Å². The van der Waals surface area contributed by atoms with Gasteiger partial charge in [0, 0.05) is 6.61 Å². The van der Waals surface area contributed by atoms with Gasteiger partial charge in [-0.2, -0.15) is 0 Å². The van der Waals surface area contributed by atoms with Gasteiger partial charge in [0.25, 0.3) is 0 Å². The summed E-state index contributed by atoms with van der Waals surface area (Å²) < 4.78 is 51.1. The zero-order valence-electron chi connectivity index (χ0n) is 24.6. The number of hydrogen-bond acceptors (Lipinski definition) is 10. The minimum Gasteiger partial charge on any atom is -0.437 e. The number of aliphatic hydroxyl groups is 1. The Balaban J connectivity index is 3.45. The molecule has 10 nitrogen and oxygen atoms in total.